The summed E-state index contributed by atoms with van der Waals surface area (Å²) in [5.74, 6) is 0.773. The van der Waals surface area contributed by atoms with Crippen LogP contribution in [-0.2, 0) is 10.0 Å². The number of nitrogens with two attached hydrogens (primary N) is 1. The SMILES string of the molecule is CCC1CCC(C)N1S(=O)(=O)CCSc1ccc(N)cc1. The van der Waals surface area contributed by atoms with Crippen LogP contribution in [0.15, 0.2) is 29.2 Å². The fourth-order valence-electron chi connectivity index (χ4n) is 2.87. The molecule has 1 fully saturated rings. The Balaban J connectivity index is 1.93. The molecular formula is C15H24N2O2S2. The number of sulfonamides is 1. The predicted octanol–water partition coefficient (Wildman–Crippen LogP) is 2.95. The molecule has 2 atom stereocenters. The van der Waals surface area contributed by atoms with E-state index < -0.39 is 10.0 Å². The summed E-state index contributed by atoms with van der Waals surface area (Å²) in [7, 11) is -3.16. The van der Waals surface area contributed by atoms with E-state index in [0.717, 1.165) is 29.8 Å². The molecule has 0 saturated carbocycles. The summed E-state index contributed by atoms with van der Waals surface area (Å²) < 4.78 is 26.8. The number of hydrogen-bond acceptors (Lipinski definition) is 4. The lowest BCUT2D eigenvalue weighted by molar-refractivity contribution is 0.329. The highest BCUT2D eigenvalue weighted by Crippen LogP contribution is 2.30. The highest BCUT2D eigenvalue weighted by atomic mass is 32.2. The predicted molar refractivity (Wildman–Crippen MR) is 90.0 cm³/mol. The quantitative estimate of drug-likeness (QED) is 0.644. The van der Waals surface area contributed by atoms with Crippen LogP contribution >= 0.6 is 11.8 Å². The molecule has 118 valence electrons. The van der Waals surface area contributed by atoms with Crippen molar-refractivity contribution in [3.63, 3.8) is 0 Å². The van der Waals surface area contributed by atoms with Crippen molar-refractivity contribution in [3.8, 4) is 0 Å². The van der Waals surface area contributed by atoms with Crippen molar-refractivity contribution < 1.29 is 8.42 Å². The van der Waals surface area contributed by atoms with Gasteiger partial charge in [0.1, 0.15) is 0 Å². The number of thioether (sulfide) groups is 1. The van der Waals surface area contributed by atoms with Crippen molar-refractivity contribution in [2.45, 2.75) is 50.1 Å². The minimum Gasteiger partial charge on any atom is -0.399 e. The Labute approximate surface area is 132 Å². The topological polar surface area (TPSA) is 63.4 Å². The van der Waals surface area contributed by atoms with Gasteiger partial charge in [-0.2, -0.15) is 4.31 Å². The Morgan fingerprint density at radius 3 is 2.57 bits per heavy atom. The first-order chi connectivity index (χ1) is 9.94. The van der Waals surface area contributed by atoms with E-state index in [2.05, 4.69) is 6.92 Å². The lowest BCUT2D eigenvalue weighted by Gasteiger charge is -2.26. The molecule has 1 aliphatic rings. The molecule has 2 unspecified atom stereocenters. The van der Waals surface area contributed by atoms with Crippen molar-refractivity contribution in [2.75, 3.05) is 17.2 Å². The Morgan fingerprint density at radius 2 is 1.95 bits per heavy atom. The average molecular weight is 329 g/mol. The summed E-state index contributed by atoms with van der Waals surface area (Å²) in [6.45, 7) is 4.08. The smallest absolute Gasteiger partial charge is 0.215 e. The molecule has 0 amide bonds. The van der Waals surface area contributed by atoms with Gasteiger partial charge in [-0.1, -0.05) is 6.92 Å². The largest absolute Gasteiger partial charge is 0.399 e. The summed E-state index contributed by atoms with van der Waals surface area (Å²) in [5, 5.41) is 0. The van der Waals surface area contributed by atoms with E-state index in [1.54, 1.807) is 16.1 Å². The van der Waals surface area contributed by atoms with Crippen LogP contribution in [0.3, 0.4) is 0 Å². The van der Waals surface area contributed by atoms with Crippen molar-refractivity contribution in [1.82, 2.24) is 4.31 Å². The molecule has 0 bridgehead atoms. The Kier molecular flexibility index (Phi) is 5.57. The molecule has 4 nitrogen and oxygen atoms in total. The number of hydrogen-bond donors (Lipinski definition) is 1. The molecule has 1 heterocycles. The van der Waals surface area contributed by atoms with E-state index in [1.165, 1.54) is 0 Å². The number of nitrogens with zero attached hydrogens (tertiary/aromatic N) is 1. The van der Waals surface area contributed by atoms with E-state index in [4.69, 9.17) is 5.73 Å². The maximum atomic E-state index is 12.5. The maximum Gasteiger partial charge on any atom is 0.215 e. The molecule has 0 spiro atoms. The molecular weight excluding hydrogens is 304 g/mol. The summed E-state index contributed by atoms with van der Waals surface area (Å²) in [6.07, 6.45) is 2.86. The first kappa shape index (κ1) is 16.6. The van der Waals surface area contributed by atoms with Crippen molar-refractivity contribution in [1.29, 1.82) is 0 Å². The molecule has 0 radical (unpaired) electrons. The summed E-state index contributed by atoms with van der Waals surface area (Å²) in [4.78, 5) is 1.06. The van der Waals surface area contributed by atoms with Gasteiger partial charge in [0, 0.05) is 28.4 Å². The van der Waals surface area contributed by atoms with Gasteiger partial charge in [0.2, 0.25) is 10.0 Å². The van der Waals surface area contributed by atoms with Crippen LogP contribution in [0.5, 0.6) is 0 Å². The van der Waals surface area contributed by atoms with Crippen LogP contribution in [0.4, 0.5) is 5.69 Å². The third-order valence-electron chi connectivity index (χ3n) is 3.99. The monoisotopic (exact) mass is 328 g/mol. The molecule has 2 rings (SSSR count). The lowest BCUT2D eigenvalue weighted by atomic mass is 10.2. The van der Waals surface area contributed by atoms with Gasteiger partial charge in [-0.3, -0.25) is 0 Å². The fraction of sp³-hybridized carbons (Fsp3) is 0.600. The Bertz CT molecular complexity index is 558. The van der Waals surface area contributed by atoms with Crippen molar-refractivity contribution >= 4 is 27.5 Å². The lowest BCUT2D eigenvalue weighted by Crippen LogP contribution is -2.41. The molecule has 2 N–H and O–H groups in total. The summed E-state index contributed by atoms with van der Waals surface area (Å²) in [6, 6.07) is 7.87. The van der Waals surface area contributed by atoms with E-state index in [-0.39, 0.29) is 17.8 Å². The van der Waals surface area contributed by atoms with E-state index >= 15 is 0 Å². The third-order valence-corrected chi connectivity index (χ3v) is 7.29. The summed E-state index contributed by atoms with van der Waals surface area (Å²) >= 11 is 1.56. The molecule has 1 aliphatic heterocycles. The van der Waals surface area contributed by atoms with Crippen LogP contribution in [0.25, 0.3) is 0 Å². The van der Waals surface area contributed by atoms with Crippen LogP contribution in [0.1, 0.15) is 33.1 Å². The Hall–Kier alpha value is -0.720. The molecule has 1 saturated heterocycles. The van der Waals surface area contributed by atoms with Gasteiger partial charge in [0.15, 0.2) is 0 Å². The highest BCUT2D eigenvalue weighted by molar-refractivity contribution is 8.00. The second kappa shape index (κ2) is 7.03. The van der Waals surface area contributed by atoms with Gasteiger partial charge >= 0.3 is 0 Å². The highest BCUT2D eigenvalue weighted by Gasteiger charge is 2.37. The van der Waals surface area contributed by atoms with Crippen molar-refractivity contribution in [2.24, 2.45) is 0 Å². The van der Waals surface area contributed by atoms with Gasteiger partial charge in [0.25, 0.3) is 0 Å². The van der Waals surface area contributed by atoms with E-state index in [0.29, 0.717) is 5.75 Å². The zero-order chi connectivity index (χ0) is 15.5. The van der Waals surface area contributed by atoms with Crippen LogP contribution in [0, 0.1) is 0 Å². The van der Waals surface area contributed by atoms with Crippen LogP contribution < -0.4 is 5.73 Å². The van der Waals surface area contributed by atoms with Crippen molar-refractivity contribution in [3.05, 3.63) is 24.3 Å². The molecule has 0 aromatic heterocycles. The van der Waals surface area contributed by atoms with Gasteiger partial charge in [-0.05, 0) is 50.5 Å². The van der Waals surface area contributed by atoms with Gasteiger partial charge in [0.05, 0.1) is 5.75 Å². The summed E-state index contributed by atoms with van der Waals surface area (Å²) in [5.41, 5.74) is 6.37. The fourth-order valence-corrected chi connectivity index (χ4v) is 6.18. The number of anilines is 1. The van der Waals surface area contributed by atoms with Gasteiger partial charge in [-0.25, -0.2) is 8.42 Å². The molecule has 21 heavy (non-hydrogen) atoms. The van der Waals surface area contributed by atoms with E-state index in [9.17, 15) is 8.42 Å². The molecule has 6 heteroatoms. The molecule has 1 aromatic rings. The van der Waals surface area contributed by atoms with Crippen LogP contribution in [-0.4, -0.2) is 36.3 Å². The standard InChI is InChI=1S/C15H24N2O2S2/c1-3-14-7-4-12(2)17(14)21(18,19)11-10-20-15-8-5-13(16)6-9-15/h5-6,8-9,12,14H,3-4,7,10-11,16H2,1-2H3. The first-order valence-electron chi connectivity index (χ1n) is 7.43. The number of rotatable bonds is 6. The second-order valence-electron chi connectivity index (χ2n) is 5.55. The maximum absolute atomic E-state index is 12.5. The minimum atomic E-state index is -3.16. The average Bonchev–Trinajstić information content (AvgIpc) is 2.83. The van der Waals surface area contributed by atoms with Crippen LogP contribution in [0.2, 0.25) is 0 Å². The van der Waals surface area contributed by atoms with Gasteiger partial charge < -0.3 is 5.73 Å². The normalized spacial score (nSPS) is 23.5. The van der Waals surface area contributed by atoms with Gasteiger partial charge in [-0.15, -0.1) is 11.8 Å². The molecule has 0 aliphatic carbocycles. The minimum absolute atomic E-state index is 0.140. The van der Waals surface area contributed by atoms with E-state index in [1.807, 2.05) is 31.2 Å². The Morgan fingerprint density at radius 1 is 1.29 bits per heavy atom. The molecule has 1 aromatic carbocycles. The first-order valence-corrected chi connectivity index (χ1v) is 10.0. The number of benzene rings is 1. The second-order valence-corrected chi connectivity index (χ2v) is 8.71. The zero-order valence-electron chi connectivity index (χ0n) is 12.7. The zero-order valence-corrected chi connectivity index (χ0v) is 14.3. The number of nitrogen functional groups attached to an aromatic ring is 1. The third kappa shape index (κ3) is 4.14.